The van der Waals surface area contributed by atoms with Gasteiger partial charge in [-0.05, 0) is 61.2 Å². The van der Waals surface area contributed by atoms with Gasteiger partial charge in [0.05, 0.1) is 0 Å². The van der Waals surface area contributed by atoms with Crippen LogP contribution in [0.3, 0.4) is 0 Å². The van der Waals surface area contributed by atoms with Crippen molar-refractivity contribution in [2.45, 2.75) is 19.3 Å². The molecule has 1 heterocycles. The van der Waals surface area contributed by atoms with E-state index in [0.29, 0.717) is 5.69 Å². The molecule has 2 aromatic rings. The Bertz CT molecular complexity index is 846. The normalized spacial score (nSPS) is 14.6. The van der Waals surface area contributed by atoms with E-state index in [1.54, 1.807) is 18.2 Å². The fraction of sp³-hybridized carbons (Fsp3) is 0.238. The van der Waals surface area contributed by atoms with Crippen molar-refractivity contribution < 1.29 is 4.79 Å². The molecule has 3 rings (SSSR count). The summed E-state index contributed by atoms with van der Waals surface area (Å²) in [4.78, 5) is 14.7. The number of benzene rings is 2. The summed E-state index contributed by atoms with van der Waals surface area (Å²) < 4.78 is 0.867. The van der Waals surface area contributed by atoms with E-state index in [2.05, 4.69) is 38.3 Å². The number of piperidine rings is 1. The van der Waals surface area contributed by atoms with Crippen molar-refractivity contribution in [2.75, 3.05) is 23.3 Å². The van der Waals surface area contributed by atoms with E-state index in [1.165, 1.54) is 24.9 Å². The Morgan fingerprint density at radius 3 is 2.50 bits per heavy atom. The largest absolute Gasteiger partial charge is 0.372 e. The number of hydrogen-bond donors (Lipinski definition) is 1. The summed E-state index contributed by atoms with van der Waals surface area (Å²) >= 11 is 3.36. The molecule has 4 nitrogen and oxygen atoms in total. The number of nitriles is 1. The fourth-order valence-corrected chi connectivity index (χ4v) is 3.41. The van der Waals surface area contributed by atoms with Gasteiger partial charge < -0.3 is 10.2 Å². The third-order valence-corrected chi connectivity index (χ3v) is 4.87. The molecule has 0 spiro atoms. The Hall–Kier alpha value is -2.58. The van der Waals surface area contributed by atoms with Crippen LogP contribution in [0.4, 0.5) is 11.4 Å². The smallest absolute Gasteiger partial charge is 0.266 e. The molecule has 0 aliphatic carbocycles. The Balaban J connectivity index is 1.71. The van der Waals surface area contributed by atoms with Crippen molar-refractivity contribution in [3.05, 3.63) is 64.1 Å². The monoisotopic (exact) mass is 409 g/mol. The lowest BCUT2D eigenvalue weighted by Gasteiger charge is -2.28. The predicted octanol–water partition coefficient (Wildman–Crippen LogP) is 4.99. The lowest BCUT2D eigenvalue weighted by atomic mass is 10.1. The maximum Gasteiger partial charge on any atom is 0.266 e. The van der Waals surface area contributed by atoms with Gasteiger partial charge in [-0.1, -0.05) is 34.1 Å². The van der Waals surface area contributed by atoms with Gasteiger partial charge in [0.25, 0.3) is 5.91 Å². The summed E-state index contributed by atoms with van der Waals surface area (Å²) in [6.45, 7) is 2.18. The average molecular weight is 410 g/mol. The molecule has 1 amide bonds. The first-order chi connectivity index (χ1) is 12.7. The summed E-state index contributed by atoms with van der Waals surface area (Å²) in [6, 6.07) is 17.3. The number of hydrogen-bond acceptors (Lipinski definition) is 3. The van der Waals surface area contributed by atoms with Gasteiger partial charge in [0, 0.05) is 28.9 Å². The minimum atomic E-state index is -0.411. The highest BCUT2D eigenvalue weighted by Gasteiger charge is 2.12. The highest BCUT2D eigenvalue weighted by Crippen LogP contribution is 2.21. The summed E-state index contributed by atoms with van der Waals surface area (Å²) in [5.74, 6) is -0.411. The number of halogens is 1. The van der Waals surface area contributed by atoms with Crippen LogP contribution in [0.1, 0.15) is 24.8 Å². The van der Waals surface area contributed by atoms with Gasteiger partial charge >= 0.3 is 0 Å². The van der Waals surface area contributed by atoms with E-state index in [0.717, 1.165) is 23.1 Å². The Morgan fingerprint density at radius 2 is 1.85 bits per heavy atom. The third kappa shape index (κ3) is 4.74. The Morgan fingerprint density at radius 1 is 1.12 bits per heavy atom. The highest BCUT2D eigenvalue weighted by atomic mass is 79.9. The van der Waals surface area contributed by atoms with E-state index in [4.69, 9.17) is 0 Å². The lowest BCUT2D eigenvalue weighted by Crippen LogP contribution is -2.29. The van der Waals surface area contributed by atoms with Gasteiger partial charge in [0.1, 0.15) is 11.6 Å². The van der Waals surface area contributed by atoms with Gasteiger partial charge in [0.15, 0.2) is 0 Å². The summed E-state index contributed by atoms with van der Waals surface area (Å²) in [6.07, 6.45) is 5.38. The SMILES string of the molecule is N#CC(=Cc1ccc(N2CCCCC2)cc1)C(=O)Nc1cccc(Br)c1. The molecule has 0 aromatic heterocycles. The van der Waals surface area contributed by atoms with Crippen LogP contribution in [0.25, 0.3) is 6.08 Å². The maximum atomic E-state index is 12.3. The number of carbonyl (C=O) groups excluding carboxylic acids is 1. The van der Waals surface area contributed by atoms with E-state index >= 15 is 0 Å². The molecule has 0 unspecified atom stereocenters. The fourth-order valence-electron chi connectivity index (χ4n) is 3.01. The molecule has 132 valence electrons. The first-order valence-corrected chi connectivity index (χ1v) is 9.49. The van der Waals surface area contributed by atoms with E-state index in [9.17, 15) is 10.1 Å². The molecule has 2 aromatic carbocycles. The van der Waals surface area contributed by atoms with Crippen molar-refractivity contribution in [1.82, 2.24) is 0 Å². The molecular formula is C21H20BrN3O. The second-order valence-corrected chi connectivity index (χ2v) is 7.19. The van der Waals surface area contributed by atoms with Gasteiger partial charge in [0.2, 0.25) is 0 Å². The van der Waals surface area contributed by atoms with E-state index in [1.807, 2.05) is 30.3 Å². The van der Waals surface area contributed by atoms with Crippen LogP contribution in [-0.2, 0) is 4.79 Å². The van der Waals surface area contributed by atoms with Crippen LogP contribution in [0.15, 0.2) is 58.6 Å². The molecular weight excluding hydrogens is 390 g/mol. The molecule has 1 fully saturated rings. The van der Waals surface area contributed by atoms with Gasteiger partial charge in [-0.25, -0.2) is 0 Å². The second kappa shape index (κ2) is 8.68. The summed E-state index contributed by atoms with van der Waals surface area (Å²) in [5, 5.41) is 12.1. The van der Waals surface area contributed by atoms with Crippen LogP contribution in [0, 0.1) is 11.3 Å². The van der Waals surface area contributed by atoms with Crippen molar-refractivity contribution in [1.29, 1.82) is 5.26 Å². The summed E-state index contributed by atoms with van der Waals surface area (Å²) in [7, 11) is 0. The molecule has 1 saturated heterocycles. The number of anilines is 2. The molecule has 0 saturated carbocycles. The zero-order valence-corrected chi connectivity index (χ0v) is 16.0. The topological polar surface area (TPSA) is 56.1 Å². The van der Waals surface area contributed by atoms with Gasteiger partial charge in [-0.2, -0.15) is 5.26 Å². The van der Waals surface area contributed by atoms with Crippen LogP contribution in [-0.4, -0.2) is 19.0 Å². The number of rotatable bonds is 4. The summed E-state index contributed by atoms with van der Waals surface area (Å²) in [5.41, 5.74) is 2.76. The minimum absolute atomic E-state index is 0.0794. The van der Waals surface area contributed by atoms with Gasteiger partial charge in [-0.3, -0.25) is 4.79 Å². The van der Waals surface area contributed by atoms with E-state index in [-0.39, 0.29) is 5.57 Å². The molecule has 1 aliphatic heterocycles. The number of carbonyl (C=O) groups is 1. The number of nitrogens with zero attached hydrogens (tertiary/aromatic N) is 2. The minimum Gasteiger partial charge on any atom is -0.372 e. The van der Waals surface area contributed by atoms with Crippen LogP contribution < -0.4 is 10.2 Å². The maximum absolute atomic E-state index is 12.3. The number of nitrogens with one attached hydrogen (secondary N) is 1. The number of amides is 1. The first-order valence-electron chi connectivity index (χ1n) is 8.69. The van der Waals surface area contributed by atoms with Crippen LogP contribution >= 0.6 is 15.9 Å². The predicted molar refractivity (Wildman–Crippen MR) is 109 cm³/mol. The lowest BCUT2D eigenvalue weighted by molar-refractivity contribution is -0.112. The standard InChI is InChI=1S/C21H20BrN3O/c22-18-5-4-6-19(14-18)24-21(26)17(15-23)13-16-7-9-20(10-8-16)25-11-2-1-3-12-25/h4-10,13-14H,1-3,11-12H2,(H,24,26). The van der Waals surface area contributed by atoms with Crippen LogP contribution in [0.2, 0.25) is 0 Å². The second-order valence-electron chi connectivity index (χ2n) is 6.27. The van der Waals surface area contributed by atoms with Gasteiger partial charge in [-0.15, -0.1) is 0 Å². The molecule has 0 radical (unpaired) electrons. The Labute approximate surface area is 162 Å². The quantitative estimate of drug-likeness (QED) is 0.571. The zero-order chi connectivity index (χ0) is 18.4. The third-order valence-electron chi connectivity index (χ3n) is 4.37. The van der Waals surface area contributed by atoms with Crippen molar-refractivity contribution in [2.24, 2.45) is 0 Å². The molecule has 26 heavy (non-hydrogen) atoms. The average Bonchev–Trinajstić information content (AvgIpc) is 2.67. The van der Waals surface area contributed by atoms with Crippen molar-refractivity contribution in [3.63, 3.8) is 0 Å². The zero-order valence-electron chi connectivity index (χ0n) is 14.4. The molecule has 1 aliphatic rings. The first kappa shape index (κ1) is 18.2. The molecule has 5 heteroatoms. The molecule has 0 atom stereocenters. The highest BCUT2D eigenvalue weighted by molar-refractivity contribution is 9.10. The molecule has 0 bridgehead atoms. The Kier molecular flexibility index (Phi) is 6.08. The van der Waals surface area contributed by atoms with Crippen LogP contribution in [0.5, 0.6) is 0 Å². The van der Waals surface area contributed by atoms with Crippen molar-refractivity contribution in [3.8, 4) is 6.07 Å². The van der Waals surface area contributed by atoms with E-state index < -0.39 is 5.91 Å². The molecule has 1 N–H and O–H groups in total. The van der Waals surface area contributed by atoms with Crippen molar-refractivity contribution >= 4 is 39.3 Å².